The molecule has 0 fully saturated rings. The lowest BCUT2D eigenvalue weighted by Gasteiger charge is -2.12. The summed E-state index contributed by atoms with van der Waals surface area (Å²) in [6, 6.07) is 4.20. The molecule has 0 aliphatic heterocycles. The van der Waals surface area contributed by atoms with Gasteiger partial charge in [0.1, 0.15) is 0 Å². The number of benzene rings is 1. The van der Waals surface area contributed by atoms with Crippen molar-refractivity contribution >= 4 is 23.4 Å². The number of thioether (sulfide) groups is 1. The first-order valence-corrected chi connectivity index (χ1v) is 7.30. The number of hydrogen-bond donors (Lipinski definition) is 1. The summed E-state index contributed by atoms with van der Waals surface area (Å²) >= 11 is 1.78. The third-order valence-electron chi connectivity index (χ3n) is 2.69. The Kier molecular flexibility index (Phi) is 5.56. The van der Waals surface area contributed by atoms with Crippen LogP contribution in [-0.4, -0.2) is 17.9 Å². The maximum Gasteiger partial charge on any atom is 0.224 e. The van der Waals surface area contributed by atoms with Gasteiger partial charge >= 0.3 is 0 Å². The van der Waals surface area contributed by atoms with Crippen LogP contribution in [0, 0.1) is 20.8 Å². The summed E-state index contributed by atoms with van der Waals surface area (Å²) in [6.45, 7) is 6.15. The highest BCUT2D eigenvalue weighted by molar-refractivity contribution is 7.98. The molecule has 1 aromatic rings. The second-order valence-corrected chi connectivity index (χ2v) is 5.40. The molecule has 0 aliphatic rings. The maximum atomic E-state index is 11.8. The fraction of sp³-hybridized carbons (Fsp3) is 0.500. The van der Waals surface area contributed by atoms with E-state index in [9.17, 15) is 4.79 Å². The number of aryl methyl sites for hydroxylation is 3. The van der Waals surface area contributed by atoms with E-state index in [0.717, 1.165) is 29.0 Å². The predicted octanol–water partition coefficient (Wildman–Crippen LogP) is 3.69. The van der Waals surface area contributed by atoms with E-state index >= 15 is 0 Å². The molecular formula is C14H21NOS. The van der Waals surface area contributed by atoms with Gasteiger partial charge < -0.3 is 5.32 Å². The maximum absolute atomic E-state index is 11.8. The van der Waals surface area contributed by atoms with E-state index in [4.69, 9.17) is 0 Å². The molecule has 0 radical (unpaired) electrons. The van der Waals surface area contributed by atoms with Gasteiger partial charge in [-0.1, -0.05) is 17.7 Å². The summed E-state index contributed by atoms with van der Waals surface area (Å²) in [4.78, 5) is 11.8. The Labute approximate surface area is 108 Å². The SMILES string of the molecule is CSCCCC(=O)Nc1c(C)cc(C)cc1C. The highest BCUT2D eigenvalue weighted by atomic mass is 32.2. The summed E-state index contributed by atoms with van der Waals surface area (Å²) in [5.74, 6) is 1.16. The number of carbonyl (C=O) groups is 1. The van der Waals surface area contributed by atoms with E-state index in [-0.39, 0.29) is 5.91 Å². The molecule has 0 spiro atoms. The lowest BCUT2D eigenvalue weighted by atomic mass is 10.0. The minimum Gasteiger partial charge on any atom is -0.326 e. The normalized spacial score (nSPS) is 10.4. The third kappa shape index (κ3) is 4.43. The van der Waals surface area contributed by atoms with E-state index in [2.05, 4.69) is 30.6 Å². The van der Waals surface area contributed by atoms with Gasteiger partial charge in [0.05, 0.1) is 0 Å². The van der Waals surface area contributed by atoms with Crippen LogP contribution in [0.3, 0.4) is 0 Å². The van der Waals surface area contributed by atoms with Crippen molar-refractivity contribution in [2.75, 3.05) is 17.3 Å². The standard InChI is InChI=1S/C14H21NOS/c1-10-8-11(2)14(12(3)9-10)15-13(16)6-5-7-17-4/h8-9H,5-7H2,1-4H3,(H,15,16). The van der Waals surface area contributed by atoms with Crippen molar-refractivity contribution in [2.24, 2.45) is 0 Å². The van der Waals surface area contributed by atoms with Gasteiger partial charge in [-0.05, 0) is 50.3 Å². The molecule has 1 amide bonds. The summed E-state index contributed by atoms with van der Waals surface area (Å²) in [5.41, 5.74) is 4.49. The molecule has 3 heteroatoms. The van der Waals surface area contributed by atoms with Crippen molar-refractivity contribution in [3.05, 3.63) is 28.8 Å². The molecule has 1 aromatic carbocycles. The molecule has 0 saturated carbocycles. The molecule has 0 bridgehead atoms. The number of nitrogens with one attached hydrogen (secondary N) is 1. The first-order valence-electron chi connectivity index (χ1n) is 5.91. The van der Waals surface area contributed by atoms with Crippen LogP contribution in [0.25, 0.3) is 0 Å². The average Bonchev–Trinajstić information content (AvgIpc) is 2.24. The van der Waals surface area contributed by atoms with Crippen LogP contribution in [0.1, 0.15) is 29.5 Å². The van der Waals surface area contributed by atoms with Crippen molar-refractivity contribution < 1.29 is 4.79 Å². The van der Waals surface area contributed by atoms with E-state index in [0.29, 0.717) is 6.42 Å². The van der Waals surface area contributed by atoms with Gasteiger partial charge in [0.15, 0.2) is 0 Å². The molecule has 0 aromatic heterocycles. The van der Waals surface area contributed by atoms with Crippen LogP contribution in [-0.2, 0) is 4.79 Å². The Bertz CT molecular complexity index is 378. The van der Waals surface area contributed by atoms with Gasteiger partial charge in [0, 0.05) is 12.1 Å². The van der Waals surface area contributed by atoms with E-state index in [1.54, 1.807) is 11.8 Å². The smallest absolute Gasteiger partial charge is 0.224 e. The summed E-state index contributed by atoms with van der Waals surface area (Å²) in [6.07, 6.45) is 3.61. The van der Waals surface area contributed by atoms with Crippen molar-refractivity contribution in [1.82, 2.24) is 0 Å². The van der Waals surface area contributed by atoms with Crippen LogP contribution in [0.4, 0.5) is 5.69 Å². The molecule has 94 valence electrons. The van der Waals surface area contributed by atoms with E-state index in [1.807, 2.05) is 13.8 Å². The second kappa shape index (κ2) is 6.70. The molecule has 0 heterocycles. The van der Waals surface area contributed by atoms with Gasteiger partial charge in [0.25, 0.3) is 0 Å². The lowest BCUT2D eigenvalue weighted by molar-refractivity contribution is -0.116. The van der Waals surface area contributed by atoms with Crippen molar-refractivity contribution in [1.29, 1.82) is 0 Å². The fourth-order valence-electron chi connectivity index (χ4n) is 1.96. The summed E-state index contributed by atoms with van der Waals surface area (Å²) < 4.78 is 0. The van der Waals surface area contributed by atoms with Gasteiger partial charge in [-0.25, -0.2) is 0 Å². The minimum atomic E-state index is 0.120. The van der Waals surface area contributed by atoms with Gasteiger partial charge in [-0.2, -0.15) is 11.8 Å². The van der Waals surface area contributed by atoms with Crippen molar-refractivity contribution in [2.45, 2.75) is 33.6 Å². The number of carbonyl (C=O) groups excluding carboxylic acids is 1. The monoisotopic (exact) mass is 251 g/mol. The molecule has 0 aliphatic carbocycles. The van der Waals surface area contributed by atoms with Crippen molar-refractivity contribution in [3.63, 3.8) is 0 Å². The number of anilines is 1. The van der Waals surface area contributed by atoms with E-state index in [1.165, 1.54) is 5.56 Å². The fourth-order valence-corrected chi connectivity index (χ4v) is 2.39. The third-order valence-corrected chi connectivity index (χ3v) is 3.39. The number of rotatable bonds is 5. The van der Waals surface area contributed by atoms with Crippen LogP contribution >= 0.6 is 11.8 Å². The first kappa shape index (κ1) is 14.1. The molecule has 2 nitrogen and oxygen atoms in total. The second-order valence-electron chi connectivity index (χ2n) is 4.42. The minimum absolute atomic E-state index is 0.120. The number of hydrogen-bond acceptors (Lipinski definition) is 2. The molecule has 1 N–H and O–H groups in total. The van der Waals surface area contributed by atoms with E-state index < -0.39 is 0 Å². The highest BCUT2D eigenvalue weighted by Gasteiger charge is 2.07. The lowest BCUT2D eigenvalue weighted by Crippen LogP contribution is -2.13. The molecule has 0 unspecified atom stereocenters. The largest absolute Gasteiger partial charge is 0.326 e. The zero-order chi connectivity index (χ0) is 12.8. The zero-order valence-electron chi connectivity index (χ0n) is 11.1. The Morgan fingerprint density at radius 3 is 2.35 bits per heavy atom. The molecule has 0 atom stereocenters. The number of amides is 1. The molecule has 0 saturated heterocycles. The molecule has 1 rings (SSSR count). The first-order chi connectivity index (χ1) is 8.04. The molecular weight excluding hydrogens is 230 g/mol. The summed E-state index contributed by atoms with van der Waals surface area (Å²) in [5, 5.41) is 3.02. The highest BCUT2D eigenvalue weighted by Crippen LogP contribution is 2.22. The van der Waals surface area contributed by atoms with Gasteiger partial charge in [-0.3, -0.25) is 4.79 Å². The zero-order valence-corrected chi connectivity index (χ0v) is 11.9. The Hall–Kier alpha value is -0.960. The van der Waals surface area contributed by atoms with Crippen LogP contribution in [0.5, 0.6) is 0 Å². The van der Waals surface area contributed by atoms with Crippen LogP contribution in [0.2, 0.25) is 0 Å². The Balaban J connectivity index is 2.65. The predicted molar refractivity (Wildman–Crippen MR) is 76.9 cm³/mol. The van der Waals surface area contributed by atoms with Crippen LogP contribution in [0.15, 0.2) is 12.1 Å². The molecule has 17 heavy (non-hydrogen) atoms. The van der Waals surface area contributed by atoms with Gasteiger partial charge in [-0.15, -0.1) is 0 Å². The van der Waals surface area contributed by atoms with Gasteiger partial charge in [0.2, 0.25) is 5.91 Å². The Morgan fingerprint density at radius 1 is 1.24 bits per heavy atom. The average molecular weight is 251 g/mol. The topological polar surface area (TPSA) is 29.1 Å². The van der Waals surface area contributed by atoms with Crippen molar-refractivity contribution in [3.8, 4) is 0 Å². The quantitative estimate of drug-likeness (QED) is 0.809. The van der Waals surface area contributed by atoms with Crippen LogP contribution < -0.4 is 5.32 Å². The Morgan fingerprint density at radius 2 is 1.82 bits per heavy atom. The summed E-state index contributed by atoms with van der Waals surface area (Å²) in [7, 11) is 0.